The Kier molecular flexibility index (Phi) is 4.06. The molecule has 0 unspecified atom stereocenters. The van der Waals surface area contributed by atoms with E-state index in [1.165, 1.54) is 12.1 Å². The number of hydrogen-bond donors (Lipinski definition) is 2. The molecule has 110 valence electrons. The predicted octanol–water partition coefficient (Wildman–Crippen LogP) is 2.32. The van der Waals surface area contributed by atoms with E-state index in [-0.39, 0.29) is 23.8 Å². The molecular weight excluding hydrogens is 271 g/mol. The van der Waals surface area contributed by atoms with E-state index in [9.17, 15) is 18.0 Å². The number of carbonyl (C=O) groups excluding carboxylic acids is 1. The van der Waals surface area contributed by atoms with Crippen molar-refractivity contribution in [3.8, 4) is 0 Å². The number of alkyl halides is 3. The third-order valence-electron chi connectivity index (χ3n) is 3.24. The largest absolute Gasteiger partial charge is 0.418 e. The number of carbonyl (C=O) groups is 1. The van der Waals surface area contributed by atoms with Gasteiger partial charge in [-0.1, -0.05) is 0 Å². The van der Waals surface area contributed by atoms with Gasteiger partial charge in [0.2, 0.25) is 5.91 Å². The van der Waals surface area contributed by atoms with Crippen molar-refractivity contribution in [3.05, 3.63) is 23.8 Å². The molecule has 0 spiro atoms. The quantitative estimate of drug-likeness (QED) is 0.839. The van der Waals surface area contributed by atoms with E-state index in [2.05, 4.69) is 5.32 Å². The molecule has 1 aromatic rings. The van der Waals surface area contributed by atoms with Gasteiger partial charge in [-0.15, -0.1) is 0 Å². The first kappa shape index (κ1) is 14.5. The van der Waals surface area contributed by atoms with Gasteiger partial charge in [0.25, 0.3) is 0 Å². The lowest BCUT2D eigenvalue weighted by molar-refractivity contribution is -0.137. The third-order valence-corrected chi connectivity index (χ3v) is 3.24. The Labute approximate surface area is 114 Å². The van der Waals surface area contributed by atoms with Crippen LogP contribution in [0.25, 0.3) is 0 Å². The van der Waals surface area contributed by atoms with Crippen molar-refractivity contribution in [2.45, 2.75) is 19.0 Å². The molecule has 0 aliphatic carbocycles. The number of nitrogens with zero attached hydrogens (tertiary/aromatic N) is 1. The smallest absolute Gasteiger partial charge is 0.399 e. The standard InChI is InChI=1S/C13H16F3N3O/c14-13(15,16)10-7-9(17)3-4-11(10)18-8-12(20)19-5-1-2-6-19/h3-4,7,18H,1-2,5-6,8,17H2. The molecule has 20 heavy (non-hydrogen) atoms. The summed E-state index contributed by atoms with van der Waals surface area (Å²) in [6, 6.07) is 3.48. The first-order valence-electron chi connectivity index (χ1n) is 6.36. The third kappa shape index (κ3) is 3.34. The lowest BCUT2D eigenvalue weighted by Gasteiger charge is -2.18. The second-order valence-electron chi connectivity index (χ2n) is 4.74. The number of rotatable bonds is 3. The number of benzene rings is 1. The summed E-state index contributed by atoms with van der Waals surface area (Å²) < 4.78 is 38.6. The Morgan fingerprint density at radius 1 is 1.30 bits per heavy atom. The van der Waals surface area contributed by atoms with Gasteiger partial charge in [0, 0.05) is 24.5 Å². The fourth-order valence-electron chi connectivity index (χ4n) is 2.20. The second-order valence-corrected chi connectivity index (χ2v) is 4.74. The Morgan fingerprint density at radius 2 is 1.95 bits per heavy atom. The number of hydrogen-bond acceptors (Lipinski definition) is 3. The summed E-state index contributed by atoms with van der Waals surface area (Å²) in [5.41, 5.74) is 4.43. The molecule has 1 saturated heterocycles. The zero-order valence-electron chi connectivity index (χ0n) is 10.8. The first-order chi connectivity index (χ1) is 9.38. The number of amides is 1. The molecule has 1 aliphatic heterocycles. The molecule has 0 saturated carbocycles. The maximum Gasteiger partial charge on any atom is 0.418 e. The number of nitrogen functional groups attached to an aromatic ring is 1. The Hall–Kier alpha value is -1.92. The summed E-state index contributed by atoms with van der Waals surface area (Å²) in [7, 11) is 0. The van der Waals surface area contributed by atoms with Crippen LogP contribution in [-0.4, -0.2) is 30.4 Å². The minimum absolute atomic E-state index is 0.0359. The zero-order valence-corrected chi connectivity index (χ0v) is 10.8. The Balaban J connectivity index is 2.07. The van der Waals surface area contributed by atoms with Crippen LogP contribution in [0.2, 0.25) is 0 Å². The number of halogens is 3. The van der Waals surface area contributed by atoms with E-state index in [1.54, 1.807) is 4.90 Å². The van der Waals surface area contributed by atoms with Crippen LogP contribution >= 0.6 is 0 Å². The van der Waals surface area contributed by atoms with E-state index in [0.717, 1.165) is 18.9 Å². The molecule has 0 radical (unpaired) electrons. The van der Waals surface area contributed by atoms with Gasteiger partial charge >= 0.3 is 6.18 Å². The van der Waals surface area contributed by atoms with Gasteiger partial charge in [-0.2, -0.15) is 13.2 Å². The molecule has 1 fully saturated rings. The number of nitrogens with two attached hydrogens (primary N) is 1. The maximum absolute atomic E-state index is 12.9. The van der Waals surface area contributed by atoms with Crippen molar-refractivity contribution in [1.82, 2.24) is 4.90 Å². The molecule has 2 rings (SSSR count). The average Bonchev–Trinajstić information content (AvgIpc) is 2.89. The van der Waals surface area contributed by atoms with Gasteiger partial charge < -0.3 is 16.0 Å². The van der Waals surface area contributed by atoms with Gasteiger partial charge in [0.05, 0.1) is 12.1 Å². The minimum atomic E-state index is -4.51. The maximum atomic E-state index is 12.9. The van der Waals surface area contributed by atoms with Crippen molar-refractivity contribution in [2.75, 3.05) is 30.7 Å². The Bertz CT molecular complexity index is 496. The summed E-state index contributed by atoms with van der Waals surface area (Å²) in [5, 5.41) is 2.56. The molecule has 0 atom stereocenters. The zero-order chi connectivity index (χ0) is 14.8. The van der Waals surface area contributed by atoms with Crippen LogP contribution in [-0.2, 0) is 11.0 Å². The highest BCUT2D eigenvalue weighted by molar-refractivity contribution is 5.81. The highest BCUT2D eigenvalue weighted by Gasteiger charge is 2.34. The van der Waals surface area contributed by atoms with E-state index >= 15 is 0 Å². The normalized spacial score (nSPS) is 15.4. The van der Waals surface area contributed by atoms with E-state index in [1.807, 2.05) is 0 Å². The van der Waals surface area contributed by atoms with Gasteiger partial charge in [0.1, 0.15) is 0 Å². The molecule has 1 amide bonds. The number of nitrogens with one attached hydrogen (secondary N) is 1. The highest BCUT2D eigenvalue weighted by atomic mass is 19.4. The lowest BCUT2D eigenvalue weighted by atomic mass is 10.1. The van der Waals surface area contributed by atoms with Gasteiger partial charge in [0.15, 0.2) is 0 Å². The lowest BCUT2D eigenvalue weighted by Crippen LogP contribution is -2.33. The van der Waals surface area contributed by atoms with Crippen molar-refractivity contribution < 1.29 is 18.0 Å². The summed E-state index contributed by atoms with van der Waals surface area (Å²) in [6.45, 7) is 1.20. The van der Waals surface area contributed by atoms with E-state index in [0.29, 0.717) is 13.1 Å². The van der Waals surface area contributed by atoms with Crippen LogP contribution < -0.4 is 11.1 Å². The molecule has 1 aliphatic rings. The summed E-state index contributed by atoms with van der Waals surface area (Å²) >= 11 is 0. The van der Waals surface area contributed by atoms with E-state index in [4.69, 9.17) is 5.73 Å². The minimum Gasteiger partial charge on any atom is -0.399 e. The molecule has 7 heteroatoms. The van der Waals surface area contributed by atoms with Crippen LogP contribution in [0.4, 0.5) is 24.5 Å². The van der Waals surface area contributed by atoms with Crippen LogP contribution in [0.5, 0.6) is 0 Å². The van der Waals surface area contributed by atoms with Gasteiger partial charge in [-0.3, -0.25) is 4.79 Å². The first-order valence-corrected chi connectivity index (χ1v) is 6.36. The van der Waals surface area contributed by atoms with Crippen LogP contribution in [0, 0.1) is 0 Å². The topological polar surface area (TPSA) is 58.4 Å². The number of likely N-dealkylation sites (tertiary alicyclic amines) is 1. The van der Waals surface area contributed by atoms with Crippen LogP contribution in [0.3, 0.4) is 0 Å². The monoisotopic (exact) mass is 287 g/mol. The molecular formula is C13H16F3N3O. The molecule has 0 aromatic heterocycles. The second kappa shape index (κ2) is 5.60. The van der Waals surface area contributed by atoms with Gasteiger partial charge in [-0.05, 0) is 31.0 Å². The summed E-state index contributed by atoms with van der Waals surface area (Å²) in [4.78, 5) is 13.5. The summed E-state index contributed by atoms with van der Waals surface area (Å²) in [6.07, 6.45) is -2.61. The number of anilines is 2. The average molecular weight is 287 g/mol. The molecule has 1 aromatic carbocycles. The SMILES string of the molecule is Nc1ccc(NCC(=O)N2CCCC2)c(C(F)(F)F)c1. The fraction of sp³-hybridized carbons (Fsp3) is 0.462. The van der Waals surface area contributed by atoms with Crippen LogP contribution in [0.15, 0.2) is 18.2 Å². The van der Waals surface area contributed by atoms with Gasteiger partial charge in [-0.25, -0.2) is 0 Å². The van der Waals surface area contributed by atoms with Crippen molar-refractivity contribution in [3.63, 3.8) is 0 Å². The fourth-order valence-corrected chi connectivity index (χ4v) is 2.20. The van der Waals surface area contributed by atoms with E-state index < -0.39 is 11.7 Å². The van der Waals surface area contributed by atoms with Crippen LogP contribution in [0.1, 0.15) is 18.4 Å². The predicted molar refractivity (Wildman–Crippen MR) is 70.2 cm³/mol. The molecule has 0 bridgehead atoms. The summed E-state index contributed by atoms with van der Waals surface area (Å²) in [5.74, 6) is -0.188. The molecule has 3 N–H and O–H groups in total. The highest BCUT2D eigenvalue weighted by Crippen LogP contribution is 2.35. The van der Waals surface area contributed by atoms with Crippen molar-refractivity contribution in [1.29, 1.82) is 0 Å². The molecule has 4 nitrogen and oxygen atoms in total. The van der Waals surface area contributed by atoms with Crippen molar-refractivity contribution in [2.24, 2.45) is 0 Å². The van der Waals surface area contributed by atoms with Crippen molar-refractivity contribution >= 4 is 17.3 Å². The Morgan fingerprint density at radius 3 is 2.55 bits per heavy atom. The molecule has 1 heterocycles.